The van der Waals surface area contributed by atoms with Crippen LogP contribution in [0.15, 0.2) is 35.1 Å². The normalized spacial score (nSPS) is 10.7. The van der Waals surface area contributed by atoms with Gasteiger partial charge in [0.15, 0.2) is 5.75 Å². The molecule has 0 unspecified atom stereocenters. The molecule has 1 N–H and O–H groups in total. The topological polar surface area (TPSA) is 39.1 Å². The molecule has 1 aromatic carbocycles. The quantitative estimate of drug-likeness (QED) is 0.883. The Hall–Kier alpha value is -1.33. The Balaban J connectivity index is 2.18. The number of aryl methyl sites for hydroxylation is 1. The lowest BCUT2D eigenvalue weighted by Gasteiger charge is -2.10. The van der Waals surface area contributed by atoms with Gasteiger partial charge in [-0.15, -0.1) is 0 Å². The van der Waals surface area contributed by atoms with Crippen LogP contribution in [-0.2, 0) is 13.1 Å². The molecule has 0 aliphatic carbocycles. The van der Waals surface area contributed by atoms with Gasteiger partial charge in [-0.3, -0.25) is 4.68 Å². The van der Waals surface area contributed by atoms with E-state index in [4.69, 9.17) is 4.74 Å². The Morgan fingerprint density at radius 1 is 1.37 bits per heavy atom. The van der Waals surface area contributed by atoms with Gasteiger partial charge in [0, 0.05) is 23.1 Å². The smallest absolute Gasteiger partial charge is 0.165 e. The zero-order chi connectivity index (χ0) is 13.7. The van der Waals surface area contributed by atoms with Gasteiger partial charge in [0.1, 0.15) is 5.75 Å². The van der Waals surface area contributed by atoms with Gasteiger partial charge in [0.2, 0.25) is 0 Å². The lowest BCUT2D eigenvalue weighted by atomic mass is 10.2. The van der Waals surface area contributed by atoms with Gasteiger partial charge in [-0.2, -0.15) is 5.10 Å². The minimum Gasteiger partial charge on any atom is -0.454 e. The summed E-state index contributed by atoms with van der Waals surface area (Å²) in [5, 5.41) is 7.52. The lowest BCUT2D eigenvalue weighted by molar-refractivity contribution is 0.472. The highest BCUT2D eigenvalue weighted by molar-refractivity contribution is 9.10. The van der Waals surface area contributed by atoms with E-state index >= 15 is 0 Å². The SMILES string of the molecule is CCNCc1cc(Br)ccc1Oc1cnn(CC)c1. The fourth-order valence-corrected chi connectivity index (χ4v) is 2.15. The summed E-state index contributed by atoms with van der Waals surface area (Å²) in [5.74, 6) is 1.63. The number of aromatic nitrogens is 2. The van der Waals surface area contributed by atoms with Crippen molar-refractivity contribution in [3.05, 3.63) is 40.6 Å². The van der Waals surface area contributed by atoms with Crippen molar-refractivity contribution in [1.82, 2.24) is 15.1 Å². The van der Waals surface area contributed by atoms with E-state index in [0.717, 1.165) is 41.2 Å². The molecule has 0 aliphatic heterocycles. The summed E-state index contributed by atoms with van der Waals surface area (Å²) in [5.41, 5.74) is 1.13. The number of hydrogen-bond acceptors (Lipinski definition) is 3. The maximum Gasteiger partial charge on any atom is 0.165 e. The van der Waals surface area contributed by atoms with E-state index in [1.165, 1.54) is 0 Å². The standard InChI is InChI=1S/C14H18BrN3O/c1-3-16-8-11-7-12(15)5-6-14(11)19-13-9-17-18(4-2)10-13/h5-7,9-10,16H,3-4,8H2,1-2H3. The maximum atomic E-state index is 5.90. The molecule has 0 fully saturated rings. The summed E-state index contributed by atoms with van der Waals surface area (Å²) in [6.07, 6.45) is 3.64. The van der Waals surface area contributed by atoms with Gasteiger partial charge in [-0.05, 0) is 31.7 Å². The first-order valence-electron chi connectivity index (χ1n) is 6.42. The van der Waals surface area contributed by atoms with Crippen molar-refractivity contribution in [3.63, 3.8) is 0 Å². The predicted octanol–water partition coefficient (Wildman–Crippen LogP) is 3.57. The van der Waals surface area contributed by atoms with E-state index < -0.39 is 0 Å². The fourth-order valence-electron chi connectivity index (χ4n) is 1.74. The number of rotatable bonds is 6. The molecule has 1 aromatic heterocycles. The second-order valence-corrected chi connectivity index (χ2v) is 5.08. The summed E-state index contributed by atoms with van der Waals surface area (Å²) >= 11 is 3.49. The summed E-state index contributed by atoms with van der Waals surface area (Å²) in [7, 11) is 0. The molecule has 1 heterocycles. The molecule has 4 nitrogen and oxygen atoms in total. The molecule has 0 aliphatic rings. The minimum absolute atomic E-state index is 0.766. The van der Waals surface area contributed by atoms with Gasteiger partial charge in [-0.25, -0.2) is 0 Å². The van der Waals surface area contributed by atoms with Crippen LogP contribution in [0.4, 0.5) is 0 Å². The number of ether oxygens (including phenoxy) is 1. The molecular formula is C14H18BrN3O. The molecule has 0 radical (unpaired) electrons. The van der Waals surface area contributed by atoms with Crippen molar-refractivity contribution in [2.45, 2.75) is 26.9 Å². The van der Waals surface area contributed by atoms with Gasteiger partial charge in [0.05, 0.1) is 12.4 Å². The van der Waals surface area contributed by atoms with Crippen LogP contribution in [0.3, 0.4) is 0 Å². The molecule has 0 spiro atoms. The Morgan fingerprint density at radius 2 is 2.21 bits per heavy atom. The van der Waals surface area contributed by atoms with Crippen LogP contribution in [0, 0.1) is 0 Å². The molecule has 0 amide bonds. The molecule has 0 atom stereocenters. The summed E-state index contributed by atoms with van der Waals surface area (Å²) in [6.45, 7) is 6.69. The first-order valence-corrected chi connectivity index (χ1v) is 7.21. The Kier molecular flexibility index (Phi) is 4.99. The van der Waals surface area contributed by atoms with Crippen molar-refractivity contribution >= 4 is 15.9 Å². The first-order chi connectivity index (χ1) is 9.22. The molecule has 2 rings (SSSR count). The number of nitrogens with zero attached hydrogens (tertiary/aromatic N) is 2. The third-order valence-electron chi connectivity index (χ3n) is 2.75. The van der Waals surface area contributed by atoms with Crippen molar-refractivity contribution in [2.75, 3.05) is 6.54 Å². The number of hydrogen-bond donors (Lipinski definition) is 1. The summed E-state index contributed by atoms with van der Waals surface area (Å²) < 4.78 is 8.80. The van der Waals surface area contributed by atoms with E-state index in [-0.39, 0.29) is 0 Å². The van der Waals surface area contributed by atoms with E-state index in [2.05, 4.69) is 39.3 Å². The summed E-state index contributed by atoms with van der Waals surface area (Å²) in [6, 6.07) is 6.03. The summed E-state index contributed by atoms with van der Waals surface area (Å²) in [4.78, 5) is 0. The molecule has 0 saturated carbocycles. The molecule has 102 valence electrons. The third-order valence-corrected chi connectivity index (χ3v) is 3.24. The van der Waals surface area contributed by atoms with Crippen molar-refractivity contribution in [3.8, 4) is 11.5 Å². The Labute approximate surface area is 121 Å². The van der Waals surface area contributed by atoms with Crippen molar-refractivity contribution in [2.24, 2.45) is 0 Å². The van der Waals surface area contributed by atoms with Crippen molar-refractivity contribution < 1.29 is 4.74 Å². The van der Waals surface area contributed by atoms with Crippen molar-refractivity contribution in [1.29, 1.82) is 0 Å². The van der Waals surface area contributed by atoms with Gasteiger partial charge in [-0.1, -0.05) is 22.9 Å². The Bertz CT molecular complexity index is 539. The van der Waals surface area contributed by atoms with Crippen LogP contribution in [-0.4, -0.2) is 16.3 Å². The second kappa shape index (κ2) is 6.73. The zero-order valence-corrected chi connectivity index (χ0v) is 12.8. The third kappa shape index (κ3) is 3.81. The number of benzene rings is 1. The predicted molar refractivity (Wildman–Crippen MR) is 79.5 cm³/mol. The van der Waals surface area contributed by atoms with Crippen LogP contribution in [0.1, 0.15) is 19.4 Å². The monoisotopic (exact) mass is 323 g/mol. The van der Waals surface area contributed by atoms with Crippen LogP contribution in [0.25, 0.3) is 0 Å². The van der Waals surface area contributed by atoms with E-state index in [1.807, 2.05) is 29.9 Å². The van der Waals surface area contributed by atoms with Crippen LogP contribution >= 0.6 is 15.9 Å². The molecule has 5 heteroatoms. The van der Waals surface area contributed by atoms with Crippen LogP contribution in [0.2, 0.25) is 0 Å². The number of halogens is 1. The average Bonchev–Trinajstić information content (AvgIpc) is 2.86. The fraction of sp³-hybridized carbons (Fsp3) is 0.357. The van der Waals surface area contributed by atoms with Crippen LogP contribution < -0.4 is 10.1 Å². The van der Waals surface area contributed by atoms with Crippen LogP contribution in [0.5, 0.6) is 11.5 Å². The minimum atomic E-state index is 0.766. The van der Waals surface area contributed by atoms with Gasteiger partial charge < -0.3 is 10.1 Å². The largest absolute Gasteiger partial charge is 0.454 e. The highest BCUT2D eigenvalue weighted by Gasteiger charge is 2.07. The zero-order valence-electron chi connectivity index (χ0n) is 11.2. The van der Waals surface area contributed by atoms with E-state index in [1.54, 1.807) is 6.20 Å². The molecule has 0 saturated heterocycles. The number of nitrogens with one attached hydrogen (secondary N) is 1. The highest BCUT2D eigenvalue weighted by Crippen LogP contribution is 2.27. The van der Waals surface area contributed by atoms with Gasteiger partial charge in [0.25, 0.3) is 0 Å². The first kappa shape index (κ1) is 14.1. The Morgan fingerprint density at radius 3 is 2.89 bits per heavy atom. The molecular weight excluding hydrogens is 306 g/mol. The molecule has 2 aromatic rings. The van der Waals surface area contributed by atoms with Gasteiger partial charge >= 0.3 is 0 Å². The molecule has 0 bridgehead atoms. The lowest BCUT2D eigenvalue weighted by Crippen LogP contribution is -2.12. The molecule has 19 heavy (non-hydrogen) atoms. The average molecular weight is 324 g/mol. The highest BCUT2D eigenvalue weighted by atomic mass is 79.9. The second-order valence-electron chi connectivity index (χ2n) is 4.17. The maximum absolute atomic E-state index is 5.90. The van der Waals surface area contributed by atoms with E-state index in [9.17, 15) is 0 Å². The van der Waals surface area contributed by atoms with E-state index in [0.29, 0.717) is 0 Å².